The Balaban J connectivity index is 0. The first-order valence-corrected chi connectivity index (χ1v) is 4.01. The van der Waals surface area contributed by atoms with E-state index in [0.29, 0.717) is 0 Å². The third-order valence-corrected chi connectivity index (χ3v) is 1.65. The average molecular weight is 197 g/mol. The van der Waals surface area contributed by atoms with E-state index in [1.54, 1.807) is 0 Å². The molecule has 1 N–H and O–H groups in total. The van der Waals surface area contributed by atoms with Crippen LogP contribution in [0.3, 0.4) is 0 Å². The van der Waals surface area contributed by atoms with Crippen LogP contribution in [0.1, 0.15) is 6.92 Å². The largest absolute Gasteiger partial charge is 1.00 e. The van der Waals surface area contributed by atoms with E-state index in [-0.39, 0.29) is 29.6 Å². The van der Waals surface area contributed by atoms with Crippen molar-refractivity contribution in [2.24, 2.45) is 0 Å². The Labute approximate surface area is 86.6 Å². The number of rotatable bonds is 2. The summed E-state index contributed by atoms with van der Waals surface area (Å²) < 4.78 is 29.5. The van der Waals surface area contributed by atoms with Crippen molar-refractivity contribution in [3.8, 4) is 0 Å². The van der Waals surface area contributed by atoms with Crippen LogP contribution in [0.15, 0.2) is 0 Å². The molecule has 0 saturated heterocycles. The molecule has 0 aromatic rings. The van der Waals surface area contributed by atoms with E-state index in [4.69, 9.17) is 16.7 Å². The van der Waals surface area contributed by atoms with Crippen molar-refractivity contribution >= 4 is 21.7 Å². The third-order valence-electron chi connectivity index (χ3n) is 0.440. The fourth-order valence-corrected chi connectivity index (χ4v) is 1.37. The second-order valence-electron chi connectivity index (χ2n) is 1.84. The minimum Gasteiger partial charge on any atom is -0.748 e. The van der Waals surface area contributed by atoms with Gasteiger partial charge in [-0.15, -0.1) is 0 Å². The molecule has 0 radical (unpaired) electrons. The van der Waals surface area contributed by atoms with Gasteiger partial charge in [-0.2, -0.15) is 0 Å². The summed E-state index contributed by atoms with van der Waals surface area (Å²) in [5.41, 5.74) is 0. The Morgan fingerprint density at radius 2 is 2.00 bits per heavy atom. The van der Waals surface area contributed by atoms with Crippen LogP contribution in [0.5, 0.6) is 0 Å². The Kier molecular flexibility index (Phi) is 5.84. The predicted octanol–water partition coefficient (Wildman–Crippen LogP) is -3.52. The van der Waals surface area contributed by atoms with Crippen LogP contribution in [0.4, 0.5) is 0 Å². The molecule has 1 unspecified atom stereocenters. The van der Waals surface area contributed by atoms with E-state index >= 15 is 0 Å². The van der Waals surface area contributed by atoms with Gasteiger partial charge in [-0.1, -0.05) is 11.6 Å². The number of hydrogen-bond donors (Lipinski definition) is 1. The van der Waals surface area contributed by atoms with Crippen molar-refractivity contribution < 1.29 is 47.6 Å². The summed E-state index contributed by atoms with van der Waals surface area (Å²) in [6, 6.07) is 0. The smallest absolute Gasteiger partial charge is 0.748 e. The number of halogens is 1. The van der Waals surface area contributed by atoms with Crippen molar-refractivity contribution in [3.05, 3.63) is 0 Å². The molecule has 0 rings (SSSR count). The number of hydrogen-bond acceptors (Lipinski definition) is 4. The molecule has 7 heteroatoms. The van der Waals surface area contributed by atoms with Gasteiger partial charge in [-0.25, -0.2) is 8.42 Å². The summed E-state index contributed by atoms with van der Waals surface area (Å²) in [4.78, 5) is 0. The van der Waals surface area contributed by atoms with Gasteiger partial charge >= 0.3 is 29.6 Å². The van der Waals surface area contributed by atoms with Crippen LogP contribution in [0.25, 0.3) is 0 Å². The summed E-state index contributed by atoms with van der Waals surface area (Å²) in [6.45, 7) is 1.03. The predicted molar refractivity (Wildman–Crippen MR) is 31.0 cm³/mol. The SMILES string of the molecule is CC(O)(Cl)CS(=O)(=O)[O-].[Na+]. The second kappa shape index (κ2) is 4.25. The molecule has 0 fully saturated rings. The molecule has 0 amide bonds. The van der Waals surface area contributed by atoms with Crippen LogP contribution >= 0.6 is 11.6 Å². The molecule has 0 aromatic heterocycles. The third kappa shape index (κ3) is 11.9. The van der Waals surface area contributed by atoms with E-state index in [1.165, 1.54) is 0 Å². The molecule has 0 aliphatic carbocycles. The normalized spacial score (nSPS) is 17.2. The van der Waals surface area contributed by atoms with Gasteiger partial charge in [0.1, 0.15) is 5.06 Å². The Morgan fingerprint density at radius 3 is 2.00 bits per heavy atom. The fourth-order valence-electron chi connectivity index (χ4n) is 0.323. The molecular formula is C3H6ClNaO4S. The van der Waals surface area contributed by atoms with Crippen LogP contribution < -0.4 is 29.6 Å². The Bertz CT molecular complexity index is 181. The van der Waals surface area contributed by atoms with E-state index in [9.17, 15) is 13.0 Å². The van der Waals surface area contributed by atoms with Crippen LogP contribution in [-0.2, 0) is 10.1 Å². The van der Waals surface area contributed by atoms with Crippen molar-refractivity contribution in [2.45, 2.75) is 12.0 Å². The zero-order chi connectivity index (χ0) is 7.71. The van der Waals surface area contributed by atoms with E-state index in [1.807, 2.05) is 0 Å². The molecule has 0 spiro atoms. The molecule has 0 aromatic carbocycles. The molecule has 1 atom stereocenters. The first-order valence-electron chi connectivity index (χ1n) is 2.05. The first-order chi connectivity index (χ1) is 3.71. The molecule has 0 heterocycles. The summed E-state index contributed by atoms with van der Waals surface area (Å²) in [7, 11) is -4.41. The monoisotopic (exact) mass is 196 g/mol. The summed E-state index contributed by atoms with van der Waals surface area (Å²) in [5.74, 6) is -0.971. The fraction of sp³-hybridized carbons (Fsp3) is 1.00. The van der Waals surface area contributed by atoms with E-state index in [2.05, 4.69) is 0 Å². The first kappa shape index (κ1) is 13.7. The van der Waals surface area contributed by atoms with Crippen molar-refractivity contribution in [1.29, 1.82) is 0 Å². The van der Waals surface area contributed by atoms with Gasteiger partial charge in [-0.05, 0) is 6.92 Å². The van der Waals surface area contributed by atoms with E-state index in [0.717, 1.165) is 6.92 Å². The summed E-state index contributed by atoms with van der Waals surface area (Å²) in [6.07, 6.45) is 0. The molecule has 0 aliphatic rings. The van der Waals surface area contributed by atoms with Gasteiger partial charge in [0, 0.05) is 0 Å². The van der Waals surface area contributed by atoms with Crippen LogP contribution in [-0.4, -0.2) is 28.9 Å². The average Bonchev–Trinajstić information content (AvgIpc) is 1.14. The maximum Gasteiger partial charge on any atom is 1.00 e. The molecule has 0 bridgehead atoms. The Hall–Kier alpha value is 1.16. The minimum atomic E-state index is -4.41. The van der Waals surface area contributed by atoms with Crippen LogP contribution in [0, 0.1) is 0 Å². The van der Waals surface area contributed by atoms with E-state index < -0.39 is 20.9 Å². The molecule has 0 saturated carbocycles. The van der Waals surface area contributed by atoms with Crippen molar-refractivity contribution in [2.75, 3.05) is 5.75 Å². The standard InChI is InChI=1S/C3H7ClO4S.Na/c1-3(4,5)2-9(6,7)8;/h5H,2H2,1H3,(H,6,7,8);/q;+1/p-1. The van der Waals surface area contributed by atoms with Gasteiger partial charge in [0.05, 0.1) is 15.9 Å². The van der Waals surface area contributed by atoms with Gasteiger partial charge < -0.3 is 9.66 Å². The van der Waals surface area contributed by atoms with Crippen molar-refractivity contribution in [1.82, 2.24) is 0 Å². The van der Waals surface area contributed by atoms with Gasteiger partial charge in [0.15, 0.2) is 0 Å². The van der Waals surface area contributed by atoms with Gasteiger partial charge in [-0.3, -0.25) is 0 Å². The van der Waals surface area contributed by atoms with Gasteiger partial charge in [0.25, 0.3) is 0 Å². The molecule has 0 aliphatic heterocycles. The summed E-state index contributed by atoms with van der Waals surface area (Å²) in [5, 5.41) is 6.60. The maximum atomic E-state index is 9.85. The van der Waals surface area contributed by atoms with Gasteiger partial charge in [0.2, 0.25) is 0 Å². The summed E-state index contributed by atoms with van der Waals surface area (Å²) >= 11 is 4.99. The quantitative estimate of drug-likeness (QED) is 0.282. The minimum absolute atomic E-state index is 0. The zero-order valence-corrected chi connectivity index (χ0v) is 9.24. The topological polar surface area (TPSA) is 77.4 Å². The van der Waals surface area contributed by atoms with Crippen molar-refractivity contribution in [3.63, 3.8) is 0 Å². The Morgan fingerprint density at radius 1 is 1.70 bits per heavy atom. The molecule has 10 heavy (non-hydrogen) atoms. The second-order valence-corrected chi connectivity index (χ2v) is 4.06. The molecule has 4 nitrogen and oxygen atoms in total. The molecular weight excluding hydrogens is 191 g/mol. The molecule has 56 valence electrons. The number of alkyl halides is 1. The number of aliphatic hydroxyl groups is 1. The van der Waals surface area contributed by atoms with Crippen LogP contribution in [0.2, 0.25) is 0 Å². The zero-order valence-electron chi connectivity index (χ0n) is 5.67. The maximum absolute atomic E-state index is 9.85.